The van der Waals surface area contributed by atoms with Crippen molar-refractivity contribution in [3.05, 3.63) is 46.5 Å². The molecule has 2 unspecified atom stereocenters. The number of carbonyl (C=O) groups is 4. The number of carboxylic acid groups (broad SMARTS) is 1. The first-order chi connectivity index (χ1) is 16.3. The number of nitrogens with zero attached hydrogens (tertiary/aromatic N) is 2. The van der Waals surface area contributed by atoms with Crippen molar-refractivity contribution in [2.24, 2.45) is 0 Å². The van der Waals surface area contributed by atoms with E-state index in [0.717, 1.165) is 28.0 Å². The first-order valence-electron chi connectivity index (χ1n) is 9.72. The number of furan rings is 1. The molecule has 3 atom stereocenters. The van der Waals surface area contributed by atoms with Crippen LogP contribution in [0.1, 0.15) is 22.3 Å². The lowest BCUT2D eigenvalue weighted by atomic mass is 10.0. The summed E-state index contributed by atoms with van der Waals surface area (Å²) in [6.45, 7) is 0. The van der Waals surface area contributed by atoms with Crippen LogP contribution in [0.5, 0.6) is 0 Å². The van der Waals surface area contributed by atoms with Crippen LogP contribution in [0.15, 0.2) is 39.5 Å². The second-order valence-corrected chi connectivity index (χ2v) is 10.0. The number of thiazole rings is 1. The van der Waals surface area contributed by atoms with Gasteiger partial charge in [-0.05, 0) is 17.7 Å². The Morgan fingerprint density at radius 3 is 2.88 bits per heavy atom. The molecule has 0 radical (unpaired) electrons. The minimum absolute atomic E-state index is 0.0901. The number of rotatable bonds is 9. The van der Waals surface area contributed by atoms with Crippen LogP contribution in [0.25, 0.3) is 0 Å². The summed E-state index contributed by atoms with van der Waals surface area (Å²) in [5, 5.41) is 13.3. The topological polar surface area (TPSA) is 177 Å². The number of nitrogens with two attached hydrogens (primary N) is 1. The average Bonchev–Trinajstić information content (AvgIpc) is 3.50. The van der Waals surface area contributed by atoms with Gasteiger partial charge >= 0.3 is 5.97 Å². The molecule has 15 heteroatoms. The van der Waals surface area contributed by atoms with Crippen LogP contribution in [0.2, 0.25) is 0 Å². The molecule has 5 N–H and O–H groups in total. The summed E-state index contributed by atoms with van der Waals surface area (Å²) in [7, 11) is 1.34. The highest BCUT2D eigenvalue weighted by atomic mass is 32.2. The number of aromatic nitrogens is 1. The van der Waals surface area contributed by atoms with Gasteiger partial charge in [0.15, 0.2) is 16.9 Å². The van der Waals surface area contributed by atoms with Gasteiger partial charge in [0.1, 0.15) is 17.1 Å². The zero-order chi connectivity index (χ0) is 24.4. The van der Waals surface area contributed by atoms with Crippen LogP contribution >= 0.6 is 34.9 Å². The highest BCUT2D eigenvalue weighted by Crippen LogP contribution is 2.41. The number of nitrogen functional groups attached to an aromatic ring is 1. The highest BCUT2D eigenvalue weighted by molar-refractivity contribution is 8.14. The van der Waals surface area contributed by atoms with Gasteiger partial charge in [0, 0.05) is 16.9 Å². The minimum atomic E-state index is -1.28. The molecule has 0 aliphatic carbocycles. The lowest BCUT2D eigenvalue weighted by Gasteiger charge is -2.49. The van der Waals surface area contributed by atoms with E-state index in [9.17, 15) is 24.3 Å². The number of aliphatic carboxylic acids is 1. The Balaban J connectivity index is 1.46. The average molecular weight is 526 g/mol. The predicted octanol–water partition coefficient (Wildman–Crippen LogP) is 0.823. The van der Waals surface area contributed by atoms with E-state index in [4.69, 9.17) is 15.0 Å². The maximum atomic E-state index is 12.9. The Morgan fingerprint density at radius 2 is 2.26 bits per heavy atom. The van der Waals surface area contributed by atoms with Crippen molar-refractivity contribution in [1.82, 2.24) is 20.7 Å². The normalized spacial score (nSPS) is 20.5. The number of hydroxylamine groups is 1. The zero-order valence-electron chi connectivity index (χ0n) is 17.5. The van der Waals surface area contributed by atoms with Gasteiger partial charge in [-0.1, -0.05) is 11.8 Å². The van der Waals surface area contributed by atoms with Crippen molar-refractivity contribution in [2.75, 3.05) is 24.3 Å². The molecule has 1 saturated heterocycles. The Hall–Kier alpha value is -2.85. The quantitative estimate of drug-likeness (QED) is 0.268. The Kier molecular flexibility index (Phi) is 7.27. The lowest BCUT2D eigenvalue weighted by Crippen LogP contribution is -2.71. The Morgan fingerprint density at radius 1 is 1.47 bits per heavy atom. The van der Waals surface area contributed by atoms with Gasteiger partial charge in [-0.15, -0.1) is 23.1 Å². The van der Waals surface area contributed by atoms with E-state index in [1.807, 2.05) is 0 Å². The monoisotopic (exact) mass is 525 g/mol. The Labute approximate surface area is 205 Å². The fourth-order valence-corrected chi connectivity index (χ4v) is 6.31. The van der Waals surface area contributed by atoms with Gasteiger partial charge < -0.3 is 25.4 Å². The van der Waals surface area contributed by atoms with Crippen LogP contribution in [-0.4, -0.2) is 67.9 Å². The molecule has 0 aromatic carbocycles. The summed E-state index contributed by atoms with van der Waals surface area (Å²) < 4.78 is 5.06. The number of amides is 2. The third-order valence-electron chi connectivity index (χ3n) is 4.98. The standard InChI is InChI=1S/C19H19N5O7S3/c1-30-23-11(9-7-34-19(20)21-9)14(25)22-12-15(26)24-13(17(27)28)8(5-32-16(12)24)6-33-18(29)10-3-2-4-31-10/h2-4,7,11-12,16,23H,5-6H2,1H3,(H2,20,21)(H,22,25)(H,27,28)/t11?,12?,16-/m0/s1. The molecule has 4 rings (SSSR count). The smallest absolute Gasteiger partial charge is 0.352 e. The molecular formula is C19H19N5O7S3. The largest absolute Gasteiger partial charge is 0.477 e. The summed E-state index contributed by atoms with van der Waals surface area (Å²) >= 11 is 3.36. The number of carboxylic acids is 1. The molecule has 1 fully saturated rings. The third-order valence-corrected chi connectivity index (χ3v) is 7.97. The molecule has 2 aromatic heterocycles. The number of carbonyl (C=O) groups excluding carboxylic acids is 3. The number of β-lactam (4-membered cyclic amide) rings is 1. The molecule has 180 valence electrons. The summed E-state index contributed by atoms with van der Waals surface area (Å²) in [4.78, 5) is 60.0. The number of fused-ring (bicyclic) bond motifs is 1. The molecule has 2 amide bonds. The van der Waals surface area contributed by atoms with E-state index in [1.54, 1.807) is 11.4 Å². The maximum absolute atomic E-state index is 12.9. The molecule has 0 saturated carbocycles. The van der Waals surface area contributed by atoms with Gasteiger partial charge in [0.25, 0.3) is 11.0 Å². The van der Waals surface area contributed by atoms with Crippen molar-refractivity contribution >= 4 is 62.9 Å². The van der Waals surface area contributed by atoms with E-state index in [0.29, 0.717) is 11.3 Å². The summed E-state index contributed by atoms with van der Waals surface area (Å²) in [6, 6.07) is 1.16. The van der Waals surface area contributed by atoms with E-state index in [-0.39, 0.29) is 33.2 Å². The summed E-state index contributed by atoms with van der Waals surface area (Å²) in [6.07, 6.45) is 1.38. The van der Waals surface area contributed by atoms with Crippen LogP contribution in [-0.2, 0) is 19.2 Å². The lowest BCUT2D eigenvalue weighted by molar-refractivity contribution is -0.151. The van der Waals surface area contributed by atoms with Gasteiger partial charge in [-0.25, -0.2) is 9.78 Å². The van der Waals surface area contributed by atoms with Crippen molar-refractivity contribution < 1.29 is 33.5 Å². The number of anilines is 1. The fourth-order valence-electron chi connectivity index (χ4n) is 3.45. The molecular weight excluding hydrogens is 506 g/mol. The third kappa shape index (κ3) is 4.69. The van der Waals surface area contributed by atoms with Gasteiger partial charge in [0.05, 0.1) is 19.1 Å². The van der Waals surface area contributed by atoms with E-state index < -0.39 is 35.2 Å². The second kappa shape index (κ2) is 10.2. The zero-order valence-corrected chi connectivity index (χ0v) is 20.0. The molecule has 0 spiro atoms. The Bertz CT molecular complexity index is 1150. The van der Waals surface area contributed by atoms with E-state index in [2.05, 4.69) is 15.8 Å². The molecule has 12 nitrogen and oxygen atoms in total. The van der Waals surface area contributed by atoms with E-state index in [1.165, 1.54) is 31.2 Å². The van der Waals surface area contributed by atoms with Gasteiger partial charge in [0.2, 0.25) is 5.91 Å². The van der Waals surface area contributed by atoms with Gasteiger partial charge in [-0.2, -0.15) is 5.48 Å². The molecule has 34 heavy (non-hydrogen) atoms. The van der Waals surface area contributed by atoms with Crippen LogP contribution in [0, 0.1) is 0 Å². The predicted molar refractivity (Wildman–Crippen MR) is 125 cm³/mol. The first-order valence-corrected chi connectivity index (χ1v) is 12.6. The summed E-state index contributed by atoms with van der Waals surface area (Å²) in [5.41, 5.74) is 8.76. The van der Waals surface area contributed by atoms with Crippen molar-refractivity contribution in [1.29, 1.82) is 0 Å². The second-order valence-electron chi connectivity index (χ2n) is 7.07. The molecule has 2 aromatic rings. The molecule has 4 heterocycles. The molecule has 2 aliphatic heterocycles. The van der Waals surface area contributed by atoms with Gasteiger partial charge in [-0.3, -0.25) is 19.3 Å². The van der Waals surface area contributed by atoms with Crippen molar-refractivity contribution in [3.63, 3.8) is 0 Å². The highest BCUT2D eigenvalue weighted by Gasteiger charge is 2.54. The molecule has 0 bridgehead atoms. The minimum Gasteiger partial charge on any atom is -0.477 e. The first kappa shape index (κ1) is 24.3. The number of nitrogens with one attached hydrogen (secondary N) is 2. The number of thioether (sulfide) groups is 2. The van der Waals surface area contributed by atoms with Crippen LogP contribution in [0.4, 0.5) is 5.13 Å². The maximum Gasteiger partial charge on any atom is 0.352 e. The van der Waals surface area contributed by atoms with Crippen molar-refractivity contribution in [2.45, 2.75) is 17.5 Å². The SMILES string of the molecule is CONC(C(=O)NC1C(=O)N2C(C(=O)O)=C(CSC(=O)c3ccco3)CS[C@@H]12)c1csc(N)n1. The van der Waals surface area contributed by atoms with Crippen LogP contribution in [0.3, 0.4) is 0 Å². The molecule has 2 aliphatic rings. The summed E-state index contributed by atoms with van der Waals surface area (Å²) in [5.74, 6) is -1.88. The van der Waals surface area contributed by atoms with Crippen molar-refractivity contribution in [3.8, 4) is 0 Å². The number of hydrogen-bond acceptors (Lipinski definition) is 12. The number of hydrogen-bond donors (Lipinski definition) is 4. The van der Waals surface area contributed by atoms with E-state index >= 15 is 0 Å². The fraction of sp³-hybridized carbons (Fsp3) is 0.316. The van der Waals surface area contributed by atoms with Crippen LogP contribution < -0.4 is 16.5 Å².